The number of nitrogens with zero attached hydrogens (tertiary/aromatic N) is 2. The monoisotopic (exact) mass is 300 g/mol. The van der Waals surface area contributed by atoms with E-state index in [4.69, 9.17) is 16.9 Å². The van der Waals surface area contributed by atoms with Crippen LogP contribution >= 0.6 is 27.5 Å². The normalized spacial score (nSPS) is 10.9. The third-order valence-electron chi connectivity index (χ3n) is 1.26. The molecule has 1 rings (SSSR count). The van der Waals surface area contributed by atoms with Crippen molar-refractivity contribution in [2.75, 3.05) is 0 Å². The molecule has 0 spiro atoms. The van der Waals surface area contributed by atoms with Crippen molar-refractivity contribution in [1.29, 1.82) is 5.26 Å². The van der Waals surface area contributed by atoms with Crippen molar-refractivity contribution >= 4 is 27.5 Å². The molecule has 0 radical (unpaired) electrons. The van der Waals surface area contributed by atoms with Crippen LogP contribution < -0.4 is 4.74 Å². The Morgan fingerprint density at radius 3 is 2.60 bits per heavy atom. The minimum Gasteiger partial charge on any atom is -0.402 e. The van der Waals surface area contributed by atoms with Gasteiger partial charge < -0.3 is 4.74 Å². The molecule has 0 N–H and O–H groups in total. The summed E-state index contributed by atoms with van der Waals surface area (Å²) < 4.78 is 39.1. The maximum absolute atomic E-state index is 11.8. The summed E-state index contributed by atoms with van der Waals surface area (Å²) in [6, 6.07) is 1.65. The van der Waals surface area contributed by atoms with Gasteiger partial charge in [0, 0.05) is 0 Å². The topological polar surface area (TPSA) is 45.9 Å². The molecule has 0 aliphatic rings. The molecule has 0 atom stereocenters. The first-order valence-electron chi connectivity index (χ1n) is 3.35. The van der Waals surface area contributed by atoms with Gasteiger partial charge in [-0.15, -0.1) is 13.2 Å². The number of alkyl halides is 3. The van der Waals surface area contributed by atoms with Crippen molar-refractivity contribution in [2.24, 2.45) is 0 Å². The van der Waals surface area contributed by atoms with E-state index < -0.39 is 12.1 Å². The molecule has 0 saturated carbocycles. The highest BCUT2D eigenvalue weighted by Crippen LogP contribution is 2.35. The van der Waals surface area contributed by atoms with E-state index in [1.54, 1.807) is 6.07 Å². The van der Waals surface area contributed by atoms with Crippen LogP contribution in [0.3, 0.4) is 0 Å². The number of rotatable bonds is 1. The molecule has 1 aromatic heterocycles. The van der Waals surface area contributed by atoms with Crippen LogP contribution in [0, 0.1) is 11.3 Å². The number of nitriles is 1. The molecule has 1 aromatic rings. The Bertz CT molecular complexity index is 429. The second kappa shape index (κ2) is 4.24. The summed E-state index contributed by atoms with van der Waals surface area (Å²) in [5.74, 6) is -0.657. The van der Waals surface area contributed by atoms with E-state index in [0.717, 1.165) is 6.20 Å². The van der Waals surface area contributed by atoms with E-state index in [1.807, 2.05) is 0 Å². The molecule has 3 nitrogen and oxygen atoms in total. The van der Waals surface area contributed by atoms with Gasteiger partial charge in [-0.1, -0.05) is 11.6 Å². The molecule has 0 unspecified atom stereocenters. The number of aromatic nitrogens is 1. The third kappa shape index (κ3) is 2.97. The fraction of sp³-hybridized carbons (Fsp3) is 0.143. The van der Waals surface area contributed by atoms with E-state index >= 15 is 0 Å². The summed E-state index contributed by atoms with van der Waals surface area (Å²) in [5.41, 5.74) is -0.116. The van der Waals surface area contributed by atoms with Gasteiger partial charge in [0.2, 0.25) is 0 Å². The molecule has 1 heterocycles. The van der Waals surface area contributed by atoms with Gasteiger partial charge in [-0.2, -0.15) is 5.26 Å². The Labute approximate surface area is 95.6 Å². The van der Waals surface area contributed by atoms with Crippen LogP contribution in [0.1, 0.15) is 5.69 Å². The first kappa shape index (κ1) is 12.1. The lowest BCUT2D eigenvalue weighted by Crippen LogP contribution is -2.17. The predicted molar refractivity (Wildman–Crippen MR) is 48.3 cm³/mol. The average molecular weight is 301 g/mol. The zero-order chi connectivity index (χ0) is 11.6. The lowest BCUT2D eigenvalue weighted by Gasteiger charge is -2.10. The van der Waals surface area contributed by atoms with Gasteiger partial charge in [0.1, 0.15) is 11.1 Å². The number of hydrogen-bond donors (Lipinski definition) is 0. The maximum Gasteiger partial charge on any atom is 0.573 e. The highest BCUT2D eigenvalue weighted by Gasteiger charge is 2.32. The number of halogens is 5. The van der Waals surface area contributed by atoms with Crippen molar-refractivity contribution in [3.8, 4) is 11.8 Å². The lowest BCUT2D eigenvalue weighted by atomic mass is 10.3. The van der Waals surface area contributed by atoms with E-state index in [9.17, 15) is 13.2 Å². The van der Waals surface area contributed by atoms with E-state index in [-0.39, 0.29) is 15.2 Å². The molecule has 0 aliphatic carbocycles. The predicted octanol–water partition coefficient (Wildman–Crippen LogP) is 3.27. The van der Waals surface area contributed by atoms with Crippen LogP contribution in [0.15, 0.2) is 10.7 Å². The molecule has 0 bridgehead atoms. The van der Waals surface area contributed by atoms with Crippen molar-refractivity contribution in [2.45, 2.75) is 6.36 Å². The summed E-state index contributed by atoms with van der Waals surface area (Å²) in [4.78, 5) is 3.42. The summed E-state index contributed by atoms with van der Waals surface area (Å²) >= 11 is 8.35. The second-order valence-electron chi connectivity index (χ2n) is 2.26. The molecule has 0 amide bonds. The van der Waals surface area contributed by atoms with Crippen molar-refractivity contribution < 1.29 is 17.9 Å². The number of ether oxygens (including phenoxy) is 1. The zero-order valence-corrected chi connectivity index (χ0v) is 9.11. The first-order chi connectivity index (χ1) is 6.85. The van der Waals surface area contributed by atoms with E-state index in [2.05, 4.69) is 25.7 Å². The fourth-order valence-electron chi connectivity index (χ4n) is 0.722. The van der Waals surface area contributed by atoms with Gasteiger partial charge >= 0.3 is 6.36 Å². The summed E-state index contributed by atoms with van der Waals surface area (Å²) in [6.45, 7) is 0. The molecule has 8 heteroatoms. The van der Waals surface area contributed by atoms with Crippen molar-refractivity contribution in [3.63, 3.8) is 0 Å². The quantitative estimate of drug-likeness (QED) is 0.800. The lowest BCUT2D eigenvalue weighted by molar-refractivity contribution is -0.274. The molecule has 15 heavy (non-hydrogen) atoms. The molecule has 0 aliphatic heterocycles. The minimum absolute atomic E-state index is 0.0339. The summed E-state index contributed by atoms with van der Waals surface area (Å²) in [6.07, 6.45) is -4.11. The van der Waals surface area contributed by atoms with Crippen LogP contribution in [0.25, 0.3) is 0 Å². The van der Waals surface area contributed by atoms with Gasteiger partial charge in [0.05, 0.1) is 10.7 Å². The standard InChI is InChI=1S/C7HBrClF3N2O/c8-5-3(1-13)14-2-4(6(5)9)15-7(10,11)12/h2H. The summed E-state index contributed by atoms with van der Waals surface area (Å²) in [5, 5.41) is 8.15. The first-order valence-corrected chi connectivity index (χ1v) is 4.52. The highest BCUT2D eigenvalue weighted by atomic mass is 79.9. The number of pyridine rings is 1. The van der Waals surface area contributed by atoms with Crippen molar-refractivity contribution in [1.82, 2.24) is 4.98 Å². The van der Waals surface area contributed by atoms with Gasteiger partial charge in [0.25, 0.3) is 0 Å². The summed E-state index contributed by atoms with van der Waals surface area (Å²) in [7, 11) is 0. The Balaban J connectivity index is 3.14. The van der Waals surface area contributed by atoms with E-state index in [1.165, 1.54) is 0 Å². The van der Waals surface area contributed by atoms with Crippen molar-refractivity contribution in [3.05, 3.63) is 21.4 Å². The third-order valence-corrected chi connectivity index (χ3v) is 2.64. The molecule has 0 aromatic carbocycles. The Morgan fingerprint density at radius 2 is 2.13 bits per heavy atom. The Hall–Kier alpha value is -1.00. The van der Waals surface area contributed by atoms with Crippen LogP contribution in [-0.2, 0) is 0 Å². The van der Waals surface area contributed by atoms with Crippen LogP contribution in [-0.4, -0.2) is 11.3 Å². The largest absolute Gasteiger partial charge is 0.573 e. The zero-order valence-electron chi connectivity index (χ0n) is 6.77. The number of hydrogen-bond acceptors (Lipinski definition) is 3. The van der Waals surface area contributed by atoms with E-state index in [0.29, 0.717) is 0 Å². The SMILES string of the molecule is N#Cc1ncc(OC(F)(F)F)c(Cl)c1Br. The van der Waals surface area contributed by atoms with Gasteiger partial charge in [-0.3, -0.25) is 0 Å². The van der Waals surface area contributed by atoms with Gasteiger partial charge in [0.15, 0.2) is 11.4 Å². The molecular weight excluding hydrogens is 300 g/mol. The Morgan fingerprint density at radius 1 is 1.53 bits per heavy atom. The molecule has 80 valence electrons. The van der Waals surface area contributed by atoms with Crippen LogP contribution in [0.2, 0.25) is 5.02 Å². The molecule has 0 saturated heterocycles. The molecule has 0 fully saturated rings. The van der Waals surface area contributed by atoms with Crippen LogP contribution in [0.4, 0.5) is 13.2 Å². The Kier molecular flexibility index (Phi) is 3.42. The average Bonchev–Trinajstić information content (AvgIpc) is 2.11. The molecular formula is C7HBrClF3N2O. The van der Waals surface area contributed by atoms with Gasteiger partial charge in [-0.25, -0.2) is 4.98 Å². The van der Waals surface area contributed by atoms with Crippen LogP contribution in [0.5, 0.6) is 5.75 Å². The minimum atomic E-state index is -4.85. The smallest absolute Gasteiger partial charge is 0.402 e. The fourth-order valence-corrected chi connectivity index (χ4v) is 1.29. The van der Waals surface area contributed by atoms with Gasteiger partial charge in [-0.05, 0) is 15.9 Å². The highest BCUT2D eigenvalue weighted by molar-refractivity contribution is 9.10. The maximum atomic E-state index is 11.8. The second-order valence-corrected chi connectivity index (χ2v) is 3.43.